The summed E-state index contributed by atoms with van der Waals surface area (Å²) in [5.41, 5.74) is 4.58. The molecular formula is C19H21FN4O3S. The SMILES string of the molecule is CCCC(=O)Nn1c(SCc2ccc(OC)c(F)c2)nc2cc(C)[nH]c2c1=O. The van der Waals surface area contributed by atoms with Crippen molar-refractivity contribution >= 4 is 28.7 Å². The molecule has 1 amide bonds. The number of rotatable bonds is 7. The van der Waals surface area contributed by atoms with Gasteiger partial charge in [0, 0.05) is 17.9 Å². The molecule has 2 aromatic heterocycles. The van der Waals surface area contributed by atoms with Crippen molar-refractivity contribution in [3.63, 3.8) is 0 Å². The van der Waals surface area contributed by atoms with E-state index in [9.17, 15) is 14.0 Å². The van der Waals surface area contributed by atoms with Crippen molar-refractivity contribution < 1.29 is 13.9 Å². The zero-order valence-corrected chi connectivity index (χ0v) is 16.7. The Balaban J connectivity index is 1.94. The Kier molecular flexibility index (Phi) is 6.03. The number of aryl methyl sites for hydroxylation is 1. The molecule has 0 radical (unpaired) electrons. The van der Waals surface area contributed by atoms with Gasteiger partial charge in [0.15, 0.2) is 16.7 Å². The zero-order chi connectivity index (χ0) is 20.3. The molecule has 1 aromatic carbocycles. The Bertz CT molecular complexity index is 1080. The highest BCUT2D eigenvalue weighted by Gasteiger charge is 2.16. The van der Waals surface area contributed by atoms with Crippen LogP contribution in [-0.2, 0) is 10.5 Å². The van der Waals surface area contributed by atoms with Crippen molar-refractivity contribution in [1.29, 1.82) is 0 Å². The second-order valence-electron chi connectivity index (χ2n) is 6.29. The number of hydrogen-bond acceptors (Lipinski definition) is 5. The van der Waals surface area contributed by atoms with Crippen LogP contribution in [0.5, 0.6) is 5.75 Å². The van der Waals surface area contributed by atoms with Gasteiger partial charge in [-0.2, -0.15) is 4.68 Å². The first-order valence-corrected chi connectivity index (χ1v) is 9.79. The van der Waals surface area contributed by atoms with Crippen LogP contribution in [0.15, 0.2) is 34.2 Å². The van der Waals surface area contributed by atoms with Crippen molar-refractivity contribution in [3.05, 3.63) is 51.7 Å². The second kappa shape index (κ2) is 8.47. The molecule has 3 aromatic rings. The van der Waals surface area contributed by atoms with Crippen molar-refractivity contribution in [2.45, 2.75) is 37.6 Å². The van der Waals surface area contributed by atoms with Crippen molar-refractivity contribution in [2.75, 3.05) is 12.5 Å². The summed E-state index contributed by atoms with van der Waals surface area (Å²) in [5, 5.41) is 0.331. The molecule has 0 aliphatic carbocycles. The molecule has 7 nitrogen and oxygen atoms in total. The van der Waals surface area contributed by atoms with Gasteiger partial charge in [-0.3, -0.25) is 15.0 Å². The van der Waals surface area contributed by atoms with E-state index in [-0.39, 0.29) is 17.2 Å². The van der Waals surface area contributed by atoms with Crippen LogP contribution in [0, 0.1) is 12.7 Å². The third-order valence-corrected chi connectivity index (χ3v) is 5.06. The van der Waals surface area contributed by atoms with E-state index in [0.717, 1.165) is 10.4 Å². The minimum Gasteiger partial charge on any atom is -0.494 e. The van der Waals surface area contributed by atoms with E-state index in [2.05, 4.69) is 15.4 Å². The lowest BCUT2D eigenvalue weighted by molar-refractivity contribution is -0.117. The molecule has 28 heavy (non-hydrogen) atoms. The molecule has 0 saturated heterocycles. The maximum Gasteiger partial charge on any atom is 0.297 e. The highest BCUT2D eigenvalue weighted by atomic mass is 32.2. The van der Waals surface area contributed by atoms with Crippen LogP contribution in [0.2, 0.25) is 0 Å². The first-order chi connectivity index (χ1) is 13.4. The maximum absolute atomic E-state index is 13.9. The number of carbonyl (C=O) groups excluding carboxylic acids is 1. The van der Waals surface area contributed by atoms with E-state index >= 15 is 0 Å². The summed E-state index contributed by atoms with van der Waals surface area (Å²) < 4.78 is 20.0. The third kappa shape index (κ3) is 4.19. The number of nitrogens with zero attached hydrogens (tertiary/aromatic N) is 2. The number of benzene rings is 1. The summed E-state index contributed by atoms with van der Waals surface area (Å²) in [7, 11) is 1.41. The average Bonchev–Trinajstić information content (AvgIpc) is 3.03. The Morgan fingerprint density at radius 1 is 1.39 bits per heavy atom. The van der Waals surface area contributed by atoms with Crippen LogP contribution < -0.4 is 15.7 Å². The van der Waals surface area contributed by atoms with E-state index < -0.39 is 5.82 Å². The fourth-order valence-corrected chi connectivity index (χ4v) is 3.62. The monoisotopic (exact) mass is 404 g/mol. The molecule has 148 valence electrons. The lowest BCUT2D eigenvalue weighted by Crippen LogP contribution is -2.35. The van der Waals surface area contributed by atoms with E-state index in [4.69, 9.17) is 4.74 Å². The summed E-state index contributed by atoms with van der Waals surface area (Å²) in [6, 6.07) is 6.44. The minimum absolute atomic E-state index is 0.167. The Hall–Kier alpha value is -2.81. The number of halogens is 1. The predicted octanol–water partition coefficient (Wildman–Crippen LogP) is 3.34. The summed E-state index contributed by atoms with van der Waals surface area (Å²) in [6.07, 6.45) is 0.952. The first kappa shape index (κ1) is 19.9. The van der Waals surface area contributed by atoms with E-state index in [1.807, 2.05) is 13.8 Å². The smallest absolute Gasteiger partial charge is 0.297 e. The Morgan fingerprint density at radius 3 is 2.86 bits per heavy atom. The number of nitrogens with one attached hydrogen (secondary N) is 2. The average molecular weight is 404 g/mol. The summed E-state index contributed by atoms with van der Waals surface area (Å²) >= 11 is 1.24. The van der Waals surface area contributed by atoms with Crippen LogP contribution in [-0.4, -0.2) is 27.7 Å². The van der Waals surface area contributed by atoms with Gasteiger partial charge in [-0.05, 0) is 37.1 Å². The van der Waals surface area contributed by atoms with E-state index in [1.54, 1.807) is 18.2 Å². The molecule has 0 fully saturated rings. The fraction of sp³-hybridized carbons (Fsp3) is 0.316. The van der Waals surface area contributed by atoms with Crippen molar-refractivity contribution in [1.82, 2.24) is 14.6 Å². The van der Waals surface area contributed by atoms with Gasteiger partial charge in [-0.1, -0.05) is 24.8 Å². The maximum atomic E-state index is 13.9. The Labute approximate surface area is 165 Å². The molecule has 0 atom stereocenters. The topological polar surface area (TPSA) is 89.0 Å². The molecular weight excluding hydrogens is 383 g/mol. The molecule has 2 heterocycles. The number of methoxy groups -OCH3 is 1. The lowest BCUT2D eigenvalue weighted by Gasteiger charge is -2.13. The molecule has 0 saturated carbocycles. The normalized spacial score (nSPS) is 11.0. The number of aromatic nitrogens is 3. The Morgan fingerprint density at radius 2 is 2.18 bits per heavy atom. The number of hydrogen-bond donors (Lipinski definition) is 2. The van der Waals surface area contributed by atoms with Crippen molar-refractivity contribution in [2.24, 2.45) is 0 Å². The van der Waals surface area contributed by atoms with Crippen LogP contribution in [0.1, 0.15) is 31.0 Å². The standard InChI is InChI=1S/C19H21FN4O3S/c1-4-5-16(25)23-24-18(26)17-14(8-11(2)21-17)22-19(24)28-10-12-6-7-15(27-3)13(20)9-12/h6-9,21H,4-5,10H2,1-3H3,(H,23,25). The molecule has 0 spiro atoms. The van der Waals surface area contributed by atoms with Crippen LogP contribution >= 0.6 is 11.8 Å². The number of ether oxygens (including phenoxy) is 1. The van der Waals surface area contributed by atoms with Gasteiger partial charge in [-0.15, -0.1) is 0 Å². The molecule has 3 rings (SSSR count). The number of fused-ring (bicyclic) bond motifs is 1. The summed E-state index contributed by atoms with van der Waals surface area (Å²) in [4.78, 5) is 32.4. The number of amides is 1. The van der Waals surface area contributed by atoms with E-state index in [1.165, 1.54) is 24.9 Å². The lowest BCUT2D eigenvalue weighted by atomic mass is 10.2. The molecule has 0 bridgehead atoms. The summed E-state index contributed by atoms with van der Waals surface area (Å²) in [6.45, 7) is 3.71. The zero-order valence-electron chi connectivity index (χ0n) is 15.8. The quantitative estimate of drug-likeness (QED) is 0.466. The number of aromatic amines is 1. The molecule has 0 aliphatic rings. The largest absolute Gasteiger partial charge is 0.494 e. The second-order valence-corrected chi connectivity index (χ2v) is 7.23. The summed E-state index contributed by atoms with van der Waals surface area (Å²) in [5.74, 6) is -0.198. The van der Waals surface area contributed by atoms with Gasteiger partial charge in [0.05, 0.1) is 12.6 Å². The number of H-pyrrole nitrogens is 1. The third-order valence-electron chi connectivity index (χ3n) is 4.05. The molecule has 0 aliphatic heterocycles. The van der Waals surface area contributed by atoms with Gasteiger partial charge in [0.2, 0.25) is 5.91 Å². The van der Waals surface area contributed by atoms with Gasteiger partial charge in [0.1, 0.15) is 5.52 Å². The molecule has 2 N–H and O–H groups in total. The fourth-order valence-electron chi connectivity index (χ4n) is 2.73. The van der Waals surface area contributed by atoms with Gasteiger partial charge < -0.3 is 9.72 Å². The first-order valence-electron chi connectivity index (χ1n) is 8.80. The van der Waals surface area contributed by atoms with Gasteiger partial charge in [0.25, 0.3) is 5.56 Å². The van der Waals surface area contributed by atoms with Crippen LogP contribution in [0.25, 0.3) is 11.0 Å². The predicted molar refractivity (Wildman–Crippen MR) is 107 cm³/mol. The molecule has 9 heteroatoms. The highest BCUT2D eigenvalue weighted by Crippen LogP contribution is 2.25. The van der Waals surface area contributed by atoms with E-state index in [0.29, 0.717) is 40.3 Å². The van der Waals surface area contributed by atoms with Gasteiger partial charge in [-0.25, -0.2) is 9.37 Å². The number of carbonyl (C=O) groups is 1. The molecule has 0 unspecified atom stereocenters. The minimum atomic E-state index is -0.459. The van der Waals surface area contributed by atoms with Crippen LogP contribution in [0.4, 0.5) is 4.39 Å². The van der Waals surface area contributed by atoms with Crippen LogP contribution in [0.3, 0.4) is 0 Å². The van der Waals surface area contributed by atoms with Gasteiger partial charge >= 0.3 is 0 Å². The number of thioether (sulfide) groups is 1. The highest BCUT2D eigenvalue weighted by molar-refractivity contribution is 7.98. The van der Waals surface area contributed by atoms with Crippen molar-refractivity contribution in [3.8, 4) is 5.75 Å².